The molecule has 0 aromatic carbocycles. The van der Waals surface area contributed by atoms with E-state index in [4.69, 9.17) is 5.73 Å². The summed E-state index contributed by atoms with van der Waals surface area (Å²) in [6.07, 6.45) is 5.84. The second-order valence-corrected chi connectivity index (χ2v) is 5.22. The maximum Gasteiger partial charge on any atom is 0.131 e. The molecule has 0 saturated heterocycles. The molecule has 4 heteroatoms. The van der Waals surface area contributed by atoms with Crippen molar-refractivity contribution >= 4 is 5.82 Å². The van der Waals surface area contributed by atoms with Crippen LogP contribution in [0.1, 0.15) is 36.8 Å². The van der Waals surface area contributed by atoms with E-state index in [0.29, 0.717) is 6.54 Å². The Labute approximate surface area is 109 Å². The Morgan fingerprint density at radius 1 is 1.44 bits per heavy atom. The molecule has 0 aliphatic heterocycles. The summed E-state index contributed by atoms with van der Waals surface area (Å²) in [6, 6.07) is 2.27. The summed E-state index contributed by atoms with van der Waals surface area (Å²) < 4.78 is 0. The van der Waals surface area contributed by atoms with Crippen LogP contribution >= 0.6 is 0 Å². The number of nitrogens with zero attached hydrogens (tertiary/aromatic N) is 2. The van der Waals surface area contributed by atoms with Crippen LogP contribution in [0.4, 0.5) is 5.82 Å². The first-order chi connectivity index (χ1) is 8.63. The summed E-state index contributed by atoms with van der Waals surface area (Å²) in [5.41, 5.74) is 7.79. The van der Waals surface area contributed by atoms with Crippen molar-refractivity contribution in [3.63, 3.8) is 0 Å². The van der Waals surface area contributed by atoms with Gasteiger partial charge in [-0.15, -0.1) is 0 Å². The number of aliphatic hydroxyl groups is 1. The van der Waals surface area contributed by atoms with E-state index in [1.807, 2.05) is 20.2 Å². The summed E-state index contributed by atoms with van der Waals surface area (Å²) >= 11 is 0. The molecule has 2 rings (SSSR count). The number of aromatic nitrogens is 1. The van der Waals surface area contributed by atoms with Crippen LogP contribution in [0.5, 0.6) is 0 Å². The van der Waals surface area contributed by atoms with Gasteiger partial charge < -0.3 is 15.7 Å². The van der Waals surface area contributed by atoms with Crippen LogP contribution in [0.25, 0.3) is 0 Å². The molecule has 100 valence electrons. The standard InChI is InChI=1S/C14H23N3O/c1-10-7-11(8-15)9-16-14(10)17(2)12-5-3-4-6-13(12)18/h7,9,12-13,18H,3-6,8,15H2,1-2H3. The molecule has 1 saturated carbocycles. The maximum absolute atomic E-state index is 10.1. The third-order valence-corrected chi connectivity index (χ3v) is 3.87. The van der Waals surface area contributed by atoms with Gasteiger partial charge in [-0.2, -0.15) is 0 Å². The molecule has 0 bridgehead atoms. The van der Waals surface area contributed by atoms with E-state index in [1.165, 1.54) is 6.42 Å². The van der Waals surface area contributed by atoms with E-state index in [9.17, 15) is 5.11 Å². The second-order valence-electron chi connectivity index (χ2n) is 5.22. The van der Waals surface area contributed by atoms with Gasteiger partial charge in [0.15, 0.2) is 0 Å². The molecule has 0 amide bonds. The molecule has 2 atom stereocenters. The third kappa shape index (κ3) is 2.65. The van der Waals surface area contributed by atoms with Crippen molar-refractivity contribution in [1.82, 2.24) is 4.98 Å². The molecule has 1 aliphatic carbocycles. The lowest BCUT2D eigenvalue weighted by molar-refractivity contribution is 0.106. The van der Waals surface area contributed by atoms with E-state index in [-0.39, 0.29) is 12.1 Å². The Morgan fingerprint density at radius 2 is 2.17 bits per heavy atom. The number of hydrogen-bond acceptors (Lipinski definition) is 4. The van der Waals surface area contributed by atoms with E-state index < -0.39 is 0 Å². The number of rotatable bonds is 3. The number of anilines is 1. The normalized spacial score (nSPS) is 24.0. The molecule has 18 heavy (non-hydrogen) atoms. The summed E-state index contributed by atoms with van der Waals surface area (Å²) in [4.78, 5) is 6.62. The summed E-state index contributed by atoms with van der Waals surface area (Å²) in [5, 5.41) is 10.1. The van der Waals surface area contributed by atoms with Crippen LogP contribution < -0.4 is 10.6 Å². The van der Waals surface area contributed by atoms with Crippen molar-refractivity contribution in [1.29, 1.82) is 0 Å². The van der Waals surface area contributed by atoms with E-state index in [2.05, 4.69) is 16.0 Å². The number of hydrogen-bond donors (Lipinski definition) is 2. The zero-order valence-corrected chi connectivity index (χ0v) is 11.3. The van der Waals surface area contributed by atoms with Crippen molar-refractivity contribution in [2.45, 2.75) is 51.3 Å². The first-order valence-electron chi connectivity index (χ1n) is 6.70. The van der Waals surface area contributed by atoms with Gasteiger partial charge in [0.1, 0.15) is 5.82 Å². The fourth-order valence-electron chi connectivity index (χ4n) is 2.81. The number of nitrogens with two attached hydrogens (primary N) is 1. The minimum Gasteiger partial charge on any atom is -0.391 e. The molecular formula is C14H23N3O. The lowest BCUT2D eigenvalue weighted by atomic mass is 9.91. The number of aryl methyl sites for hydroxylation is 1. The zero-order chi connectivity index (χ0) is 13.1. The summed E-state index contributed by atoms with van der Waals surface area (Å²) in [5.74, 6) is 0.957. The molecule has 1 heterocycles. The van der Waals surface area contributed by atoms with Crippen LogP contribution in [-0.4, -0.2) is 29.3 Å². The van der Waals surface area contributed by atoms with Crippen molar-refractivity contribution in [3.05, 3.63) is 23.4 Å². The maximum atomic E-state index is 10.1. The van der Waals surface area contributed by atoms with Gasteiger partial charge in [-0.05, 0) is 37.0 Å². The zero-order valence-electron chi connectivity index (χ0n) is 11.3. The number of aliphatic hydroxyl groups excluding tert-OH is 1. The number of pyridine rings is 1. The number of likely N-dealkylation sites (N-methyl/N-ethyl adjacent to an activating group) is 1. The highest BCUT2D eigenvalue weighted by Gasteiger charge is 2.27. The van der Waals surface area contributed by atoms with Gasteiger partial charge in [0.05, 0.1) is 12.1 Å². The SMILES string of the molecule is Cc1cc(CN)cnc1N(C)C1CCCCC1O. The second kappa shape index (κ2) is 5.67. The quantitative estimate of drug-likeness (QED) is 0.854. The molecule has 3 N–H and O–H groups in total. The van der Waals surface area contributed by atoms with E-state index in [1.54, 1.807) is 0 Å². The van der Waals surface area contributed by atoms with Crippen molar-refractivity contribution in [3.8, 4) is 0 Å². The molecule has 1 aliphatic rings. The van der Waals surface area contributed by atoms with Crippen LogP contribution in [0, 0.1) is 6.92 Å². The van der Waals surface area contributed by atoms with Crippen molar-refractivity contribution < 1.29 is 5.11 Å². The van der Waals surface area contributed by atoms with Gasteiger partial charge in [-0.3, -0.25) is 0 Å². The van der Waals surface area contributed by atoms with Gasteiger partial charge in [0, 0.05) is 19.8 Å². The lowest BCUT2D eigenvalue weighted by Crippen LogP contribution is -2.44. The fourth-order valence-corrected chi connectivity index (χ4v) is 2.81. The first-order valence-corrected chi connectivity index (χ1v) is 6.70. The van der Waals surface area contributed by atoms with E-state index >= 15 is 0 Å². The molecule has 1 aromatic rings. The highest BCUT2D eigenvalue weighted by atomic mass is 16.3. The van der Waals surface area contributed by atoms with Crippen LogP contribution in [-0.2, 0) is 6.54 Å². The predicted octanol–water partition coefficient (Wildman–Crippen LogP) is 1.59. The Kier molecular flexibility index (Phi) is 4.19. The van der Waals surface area contributed by atoms with Gasteiger partial charge in [0.25, 0.3) is 0 Å². The highest BCUT2D eigenvalue weighted by molar-refractivity contribution is 5.48. The van der Waals surface area contributed by atoms with Crippen LogP contribution in [0.2, 0.25) is 0 Å². The lowest BCUT2D eigenvalue weighted by Gasteiger charge is -2.36. The van der Waals surface area contributed by atoms with Crippen molar-refractivity contribution in [2.24, 2.45) is 5.73 Å². The largest absolute Gasteiger partial charge is 0.391 e. The van der Waals surface area contributed by atoms with E-state index in [0.717, 1.165) is 36.2 Å². The molecule has 0 radical (unpaired) electrons. The van der Waals surface area contributed by atoms with Gasteiger partial charge >= 0.3 is 0 Å². The van der Waals surface area contributed by atoms with Crippen LogP contribution in [0.3, 0.4) is 0 Å². The monoisotopic (exact) mass is 249 g/mol. The minimum absolute atomic E-state index is 0.189. The Balaban J connectivity index is 2.19. The Hall–Kier alpha value is -1.13. The van der Waals surface area contributed by atoms with Crippen LogP contribution in [0.15, 0.2) is 12.3 Å². The van der Waals surface area contributed by atoms with Crippen molar-refractivity contribution in [2.75, 3.05) is 11.9 Å². The summed E-state index contributed by atoms with van der Waals surface area (Å²) in [7, 11) is 2.02. The first kappa shape index (κ1) is 13.3. The minimum atomic E-state index is -0.237. The Morgan fingerprint density at radius 3 is 2.78 bits per heavy atom. The molecule has 1 fully saturated rings. The topological polar surface area (TPSA) is 62.4 Å². The predicted molar refractivity (Wildman–Crippen MR) is 73.5 cm³/mol. The van der Waals surface area contributed by atoms with Gasteiger partial charge in [-0.25, -0.2) is 4.98 Å². The molecule has 1 aromatic heterocycles. The smallest absolute Gasteiger partial charge is 0.131 e. The average molecular weight is 249 g/mol. The molecule has 4 nitrogen and oxygen atoms in total. The third-order valence-electron chi connectivity index (χ3n) is 3.87. The van der Waals surface area contributed by atoms with Gasteiger partial charge in [-0.1, -0.05) is 12.8 Å². The fraction of sp³-hybridized carbons (Fsp3) is 0.643. The molecule has 0 spiro atoms. The molecule has 2 unspecified atom stereocenters. The van der Waals surface area contributed by atoms with Gasteiger partial charge in [0.2, 0.25) is 0 Å². The highest BCUT2D eigenvalue weighted by Crippen LogP contribution is 2.27. The molecular weight excluding hydrogens is 226 g/mol. The Bertz CT molecular complexity index is 408. The summed E-state index contributed by atoms with van der Waals surface area (Å²) in [6.45, 7) is 2.57. The average Bonchev–Trinajstić information content (AvgIpc) is 2.38.